The van der Waals surface area contributed by atoms with Gasteiger partial charge in [-0.25, -0.2) is 9.78 Å². The SMILES string of the molecule is COc1ccc(OC2CCN(C(=O)OC(C)(C)C)C2)cn1. The number of carbonyl (C=O) groups excluding carboxylic acids is 1. The van der Waals surface area contributed by atoms with Crippen LogP contribution in [-0.4, -0.2) is 47.9 Å². The number of pyridine rings is 1. The Morgan fingerprint density at radius 3 is 2.71 bits per heavy atom. The molecule has 1 fully saturated rings. The third kappa shape index (κ3) is 4.51. The van der Waals surface area contributed by atoms with Crippen LogP contribution in [0.15, 0.2) is 18.3 Å². The molecule has 0 bridgehead atoms. The molecule has 1 atom stereocenters. The van der Waals surface area contributed by atoms with E-state index in [4.69, 9.17) is 14.2 Å². The van der Waals surface area contributed by atoms with Gasteiger partial charge in [0.2, 0.25) is 5.88 Å². The predicted octanol–water partition coefficient (Wildman–Crippen LogP) is 2.48. The average Bonchev–Trinajstić information content (AvgIpc) is 2.86. The summed E-state index contributed by atoms with van der Waals surface area (Å²) in [4.78, 5) is 17.7. The van der Waals surface area contributed by atoms with Crippen molar-refractivity contribution in [2.45, 2.75) is 38.9 Å². The number of amides is 1. The number of rotatable bonds is 3. The minimum atomic E-state index is -0.476. The number of ether oxygens (including phenoxy) is 3. The van der Waals surface area contributed by atoms with Crippen LogP contribution < -0.4 is 9.47 Å². The first-order valence-corrected chi connectivity index (χ1v) is 7.02. The van der Waals surface area contributed by atoms with Gasteiger partial charge in [0.1, 0.15) is 17.5 Å². The lowest BCUT2D eigenvalue weighted by Crippen LogP contribution is -2.36. The fourth-order valence-corrected chi connectivity index (χ4v) is 2.07. The Morgan fingerprint density at radius 1 is 1.38 bits per heavy atom. The number of likely N-dealkylation sites (tertiary alicyclic amines) is 1. The molecule has 2 heterocycles. The van der Waals surface area contributed by atoms with Crippen molar-refractivity contribution in [3.05, 3.63) is 18.3 Å². The van der Waals surface area contributed by atoms with Crippen molar-refractivity contribution in [3.63, 3.8) is 0 Å². The number of hydrogen-bond acceptors (Lipinski definition) is 5. The largest absolute Gasteiger partial charge is 0.487 e. The molecule has 1 unspecified atom stereocenters. The van der Waals surface area contributed by atoms with E-state index in [-0.39, 0.29) is 12.2 Å². The standard InChI is InChI=1S/C15H22N2O4/c1-15(2,3)21-14(18)17-8-7-12(10-17)20-11-5-6-13(19-4)16-9-11/h5-6,9,12H,7-8,10H2,1-4H3. The normalized spacial score (nSPS) is 18.5. The van der Waals surface area contributed by atoms with Crippen molar-refractivity contribution in [3.8, 4) is 11.6 Å². The second kappa shape index (κ2) is 6.20. The molecule has 1 aromatic rings. The molecule has 6 nitrogen and oxygen atoms in total. The molecule has 1 aliphatic rings. The van der Waals surface area contributed by atoms with E-state index in [1.54, 1.807) is 24.3 Å². The lowest BCUT2D eigenvalue weighted by atomic mass is 10.2. The lowest BCUT2D eigenvalue weighted by Gasteiger charge is -2.24. The van der Waals surface area contributed by atoms with E-state index in [1.807, 2.05) is 26.8 Å². The van der Waals surface area contributed by atoms with Crippen LogP contribution in [0.5, 0.6) is 11.6 Å². The van der Waals surface area contributed by atoms with Crippen LogP contribution in [0.3, 0.4) is 0 Å². The van der Waals surface area contributed by atoms with Crippen LogP contribution in [0, 0.1) is 0 Å². The molecule has 0 saturated carbocycles. The van der Waals surface area contributed by atoms with Crippen LogP contribution in [0.2, 0.25) is 0 Å². The molecule has 2 rings (SSSR count). The minimum Gasteiger partial charge on any atom is -0.487 e. The van der Waals surface area contributed by atoms with Crippen molar-refractivity contribution in [2.24, 2.45) is 0 Å². The number of carbonyl (C=O) groups is 1. The number of nitrogens with zero attached hydrogens (tertiary/aromatic N) is 2. The van der Waals surface area contributed by atoms with Crippen LogP contribution in [0.25, 0.3) is 0 Å². The molecule has 0 spiro atoms. The molecule has 21 heavy (non-hydrogen) atoms. The molecular weight excluding hydrogens is 272 g/mol. The molecular formula is C15H22N2O4. The van der Waals surface area contributed by atoms with E-state index in [9.17, 15) is 4.79 Å². The summed E-state index contributed by atoms with van der Waals surface area (Å²) in [6, 6.07) is 3.55. The van der Waals surface area contributed by atoms with E-state index in [0.29, 0.717) is 24.7 Å². The second-order valence-corrected chi connectivity index (χ2v) is 5.99. The summed E-state index contributed by atoms with van der Waals surface area (Å²) in [7, 11) is 1.57. The Labute approximate surface area is 125 Å². The number of hydrogen-bond donors (Lipinski definition) is 0. The topological polar surface area (TPSA) is 60.9 Å². The lowest BCUT2D eigenvalue weighted by molar-refractivity contribution is 0.0275. The summed E-state index contributed by atoms with van der Waals surface area (Å²) in [6.07, 6.45) is 2.08. The van der Waals surface area contributed by atoms with Gasteiger partial charge in [-0.1, -0.05) is 0 Å². The Balaban J connectivity index is 1.86. The zero-order valence-electron chi connectivity index (χ0n) is 13.0. The quantitative estimate of drug-likeness (QED) is 0.857. The monoisotopic (exact) mass is 294 g/mol. The number of methoxy groups -OCH3 is 1. The van der Waals surface area contributed by atoms with Crippen LogP contribution in [-0.2, 0) is 4.74 Å². The van der Waals surface area contributed by atoms with Gasteiger partial charge in [0, 0.05) is 19.0 Å². The zero-order chi connectivity index (χ0) is 15.5. The van der Waals surface area contributed by atoms with Crippen molar-refractivity contribution >= 4 is 6.09 Å². The minimum absolute atomic E-state index is 0.0345. The molecule has 0 radical (unpaired) electrons. The van der Waals surface area contributed by atoms with E-state index in [0.717, 1.165) is 6.42 Å². The van der Waals surface area contributed by atoms with Crippen LogP contribution in [0.4, 0.5) is 4.79 Å². The van der Waals surface area contributed by atoms with Gasteiger partial charge >= 0.3 is 6.09 Å². The second-order valence-electron chi connectivity index (χ2n) is 5.99. The maximum Gasteiger partial charge on any atom is 0.410 e. The molecule has 1 aromatic heterocycles. The molecule has 6 heteroatoms. The third-order valence-corrected chi connectivity index (χ3v) is 3.02. The predicted molar refractivity (Wildman–Crippen MR) is 77.6 cm³/mol. The van der Waals surface area contributed by atoms with E-state index in [2.05, 4.69) is 4.98 Å². The van der Waals surface area contributed by atoms with Gasteiger partial charge in [0.05, 0.1) is 19.9 Å². The molecule has 0 aromatic carbocycles. The summed E-state index contributed by atoms with van der Waals surface area (Å²) in [5.41, 5.74) is -0.476. The smallest absolute Gasteiger partial charge is 0.410 e. The fraction of sp³-hybridized carbons (Fsp3) is 0.600. The first kappa shape index (κ1) is 15.4. The highest BCUT2D eigenvalue weighted by Gasteiger charge is 2.30. The first-order chi connectivity index (χ1) is 9.87. The highest BCUT2D eigenvalue weighted by atomic mass is 16.6. The van der Waals surface area contributed by atoms with Gasteiger partial charge in [0.25, 0.3) is 0 Å². The Bertz CT molecular complexity index is 481. The van der Waals surface area contributed by atoms with Gasteiger partial charge in [0.15, 0.2) is 0 Å². The summed E-state index contributed by atoms with van der Waals surface area (Å²) in [5.74, 6) is 1.22. The van der Waals surface area contributed by atoms with Crippen molar-refractivity contribution in [1.29, 1.82) is 0 Å². The van der Waals surface area contributed by atoms with Gasteiger partial charge in [-0.2, -0.15) is 0 Å². The molecule has 1 amide bonds. The highest BCUT2D eigenvalue weighted by molar-refractivity contribution is 5.68. The van der Waals surface area contributed by atoms with Gasteiger partial charge < -0.3 is 19.1 Å². The van der Waals surface area contributed by atoms with Crippen LogP contribution in [0.1, 0.15) is 27.2 Å². The zero-order valence-corrected chi connectivity index (χ0v) is 13.0. The van der Waals surface area contributed by atoms with Crippen LogP contribution >= 0.6 is 0 Å². The van der Waals surface area contributed by atoms with Gasteiger partial charge in [-0.3, -0.25) is 0 Å². The maximum absolute atomic E-state index is 12.0. The Morgan fingerprint density at radius 2 is 2.14 bits per heavy atom. The summed E-state index contributed by atoms with van der Waals surface area (Å²) >= 11 is 0. The highest BCUT2D eigenvalue weighted by Crippen LogP contribution is 2.21. The summed E-state index contributed by atoms with van der Waals surface area (Å²) in [6.45, 7) is 6.75. The molecule has 1 aliphatic heterocycles. The fourth-order valence-electron chi connectivity index (χ4n) is 2.07. The molecule has 0 aliphatic carbocycles. The molecule has 116 valence electrons. The van der Waals surface area contributed by atoms with E-state index in [1.165, 1.54) is 0 Å². The van der Waals surface area contributed by atoms with E-state index >= 15 is 0 Å². The maximum atomic E-state index is 12.0. The first-order valence-electron chi connectivity index (χ1n) is 7.02. The number of aromatic nitrogens is 1. The Kier molecular flexibility index (Phi) is 4.55. The van der Waals surface area contributed by atoms with E-state index < -0.39 is 5.60 Å². The van der Waals surface area contributed by atoms with Crippen molar-refractivity contribution < 1.29 is 19.0 Å². The molecule has 0 N–H and O–H groups in total. The molecule has 1 saturated heterocycles. The van der Waals surface area contributed by atoms with Crippen molar-refractivity contribution in [1.82, 2.24) is 9.88 Å². The van der Waals surface area contributed by atoms with Gasteiger partial charge in [-0.15, -0.1) is 0 Å². The van der Waals surface area contributed by atoms with Crippen molar-refractivity contribution in [2.75, 3.05) is 20.2 Å². The summed E-state index contributed by atoms with van der Waals surface area (Å²) in [5, 5.41) is 0. The Hall–Kier alpha value is -1.98. The summed E-state index contributed by atoms with van der Waals surface area (Å²) < 4.78 is 16.2. The van der Waals surface area contributed by atoms with Gasteiger partial charge in [-0.05, 0) is 26.8 Å². The average molecular weight is 294 g/mol. The third-order valence-electron chi connectivity index (χ3n) is 3.02.